The first-order valence-electron chi connectivity index (χ1n) is 8.74. The fourth-order valence-electron chi connectivity index (χ4n) is 3.39. The first-order chi connectivity index (χ1) is 11.4. The lowest BCUT2D eigenvalue weighted by Crippen LogP contribution is -2.52. The van der Waals surface area contributed by atoms with Crippen LogP contribution in [-0.4, -0.2) is 46.7 Å². The SMILES string of the molecule is CN1C(=O)[C@H](Cc2ccccc2)N(C(=O)OC(C)(C)C)[C@H]1C(C)(C)C. The van der Waals surface area contributed by atoms with Crippen molar-refractivity contribution in [2.45, 2.75) is 65.8 Å². The second-order valence-corrected chi connectivity index (χ2v) is 8.78. The molecule has 0 saturated carbocycles. The van der Waals surface area contributed by atoms with Gasteiger partial charge < -0.3 is 9.64 Å². The summed E-state index contributed by atoms with van der Waals surface area (Å²) in [5.41, 5.74) is 0.130. The van der Waals surface area contributed by atoms with Crippen LogP contribution >= 0.6 is 0 Å². The van der Waals surface area contributed by atoms with Crippen molar-refractivity contribution < 1.29 is 14.3 Å². The topological polar surface area (TPSA) is 49.9 Å². The van der Waals surface area contributed by atoms with Gasteiger partial charge in [0.1, 0.15) is 17.8 Å². The molecule has 0 spiro atoms. The van der Waals surface area contributed by atoms with Crippen LogP contribution < -0.4 is 0 Å². The standard InChI is InChI=1S/C20H30N2O3/c1-19(2,3)17-21(7)16(23)15(13-14-11-9-8-10-12-14)22(17)18(24)25-20(4,5)6/h8-12,15,17H,13H2,1-7H3/t15-,17-/m0/s1. The van der Waals surface area contributed by atoms with E-state index in [4.69, 9.17) is 4.74 Å². The summed E-state index contributed by atoms with van der Waals surface area (Å²) in [6.07, 6.45) is -0.301. The van der Waals surface area contributed by atoms with Crippen LogP contribution in [0.4, 0.5) is 4.79 Å². The zero-order valence-electron chi connectivity index (χ0n) is 16.4. The first kappa shape index (κ1) is 19.3. The number of carbonyl (C=O) groups excluding carboxylic acids is 2. The molecular weight excluding hydrogens is 316 g/mol. The molecule has 0 unspecified atom stereocenters. The highest BCUT2D eigenvalue weighted by molar-refractivity contribution is 5.89. The minimum absolute atomic E-state index is 0.0466. The molecule has 0 bridgehead atoms. The molecule has 2 rings (SSSR count). The van der Waals surface area contributed by atoms with Crippen molar-refractivity contribution in [1.82, 2.24) is 9.80 Å². The Morgan fingerprint density at radius 2 is 1.64 bits per heavy atom. The summed E-state index contributed by atoms with van der Waals surface area (Å²) in [6, 6.07) is 9.23. The maximum Gasteiger partial charge on any atom is 0.412 e. The molecule has 25 heavy (non-hydrogen) atoms. The minimum Gasteiger partial charge on any atom is -0.444 e. The molecule has 0 N–H and O–H groups in total. The lowest BCUT2D eigenvalue weighted by molar-refractivity contribution is -0.129. The van der Waals surface area contributed by atoms with Crippen molar-refractivity contribution in [3.63, 3.8) is 0 Å². The molecular formula is C20H30N2O3. The number of hydrogen-bond acceptors (Lipinski definition) is 3. The Balaban J connectivity index is 2.40. The van der Waals surface area contributed by atoms with E-state index in [1.165, 1.54) is 0 Å². The van der Waals surface area contributed by atoms with Crippen LogP contribution in [0.25, 0.3) is 0 Å². The first-order valence-corrected chi connectivity index (χ1v) is 8.74. The van der Waals surface area contributed by atoms with Crippen LogP contribution in [0.3, 0.4) is 0 Å². The van der Waals surface area contributed by atoms with Crippen molar-refractivity contribution in [2.75, 3.05) is 7.05 Å². The molecule has 1 saturated heterocycles. The van der Waals surface area contributed by atoms with E-state index in [9.17, 15) is 9.59 Å². The number of likely N-dealkylation sites (N-methyl/N-ethyl adjacent to an activating group) is 1. The fraction of sp³-hybridized carbons (Fsp3) is 0.600. The van der Waals surface area contributed by atoms with Gasteiger partial charge in [-0.2, -0.15) is 0 Å². The number of benzene rings is 1. The van der Waals surface area contributed by atoms with Gasteiger partial charge in [0.05, 0.1) is 0 Å². The average molecular weight is 346 g/mol. The Hall–Kier alpha value is -2.04. The van der Waals surface area contributed by atoms with Gasteiger partial charge in [-0.15, -0.1) is 0 Å². The summed E-state index contributed by atoms with van der Waals surface area (Å²) in [5, 5.41) is 0. The van der Waals surface area contributed by atoms with E-state index >= 15 is 0 Å². The molecule has 5 nitrogen and oxygen atoms in total. The monoisotopic (exact) mass is 346 g/mol. The molecule has 1 aliphatic heterocycles. The maximum absolute atomic E-state index is 12.9. The molecule has 2 amide bonds. The summed E-state index contributed by atoms with van der Waals surface area (Å²) < 4.78 is 5.62. The van der Waals surface area contributed by atoms with Crippen molar-refractivity contribution in [3.05, 3.63) is 35.9 Å². The van der Waals surface area contributed by atoms with Crippen LogP contribution in [0.5, 0.6) is 0 Å². The number of carbonyl (C=O) groups is 2. The third-order valence-corrected chi connectivity index (χ3v) is 4.25. The van der Waals surface area contributed by atoms with Gasteiger partial charge in [-0.05, 0) is 26.3 Å². The summed E-state index contributed by atoms with van der Waals surface area (Å²) >= 11 is 0. The molecule has 0 aromatic heterocycles. The molecule has 1 aromatic carbocycles. The van der Waals surface area contributed by atoms with Gasteiger partial charge in [0.2, 0.25) is 5.91 Å². The Morgan fingerprint density at radius 3 is 2.12 bits per heavy atom. The fourth-order valence-corrected chi connectivity index (χ4v) is 3.39. The van der Waals surface area contributed by atoms with Crippen molar-refractivity contribution in [1.29, 1.82) is 0 Å². The van der Waals surface area contributed by atoms with Crippen LogP contribution in [0.2, 0.25) is 0 Å². The molecule has 2 atom stereocenters. The smallest absolute Gasteiger partial charge is 0.412 e. The predicted octanol–water partition coefficient (Wildman–Crippen LogP) is 3.68. The van der Waals surface area contributed by atoms with E-state index in [1.54, 1.807) is 16.8 Å². The molecule has 1 fully saturated rings. The zero-order chi connectivity index (χ0) is 19.0. The Morgan fingerprint density at radius 1 is 1.08 bits per heavy atom. The lowest BCUT2D eigenvalue weighted by atomic mass is 9.91. The average Bonchev–Trinajstić information content (AvgIpc) is 2.71. The van der Waals surface area contributed by atoms with Gasteiger partial charge in [-0.25, -0.2) is 4.79 Å². The van der Waals surface area contributed by atoms with Gasteiger partial charge >= 0.3 is 6.09 Å². The molecule has 0 aliphatic carbocycles. The van der Waals surface area contributed by atoms with Crippen LogP contribution in [0, 0.1) is 5.41 Å². The van der Waals surface area contributed by atoms with Crippen LogP contribution in [-0.2, 0) is 16.0 Å². The number of nitrogens with zero attached hydrogens (tertiary/aromatic N) is 2. The van der Waals surface area contributed by atoms with E-state index in [0.29, 0.717) is 6.42 Å². The molecule has 5 heteroatoms. The van der Waals surface area contributed by atoms with Gasteiger partial charge in [0, 0.05) is 18.9 Å². The Labute approximate surface area is 150 Å². The van der Waals surface area contributed by atoms with E-state index in [0.717, 1.165) is 5.56 Å². The summed E-state index contributed by atoms with van der Waals surface area (Å²) in [7, 11) is 1.76. The molecule has 0 radical (unpaired) electrons. The highest BCUT2D eigenvalue weighted by Gasteiger charge is 2.52. The lowest BCUT2D eigenvalue weighted by Gasteiger charge is -2.39. The second kappa shape index (κ2) is 6.70. The Bertz CT molecular complexity index is 629. The quantitative estimate of drug-likeness (QED) is 0.821. The summed E-state index contributed by atoms with van der Waals surface area (Å²) in [5.74, 6) is -0.0466. The zero-order valence-corrected chi connectivity index (χ0v) is 16.4. The predicted molar refractivity (Wildman–Crippen MR) is 98.0 cm³/mol. The molecule has 138 valence electrons. The number of ether oxygens (including phenoxy) is 1. The second-order valence-electron chi connectivity index (χ2n) is 8.78. The number of hydrogen-bond donors (Lipinski definition) is 0. The molecule has 1 aromatic rings. The summed E-state index contributed by atoms with van der Waals surface area (Å²) in [6.45, 7) is 11.6. The molecule has 1 aliphatic rings. The van der Waals surface area contributed by atoms with Crippen LogP contribution in [0.15, 0.2) is 30.3 Å². The van der Waals surface area contributed by atoms with Gasteiger partial charge in [0.15, 0.2) is 0 Å². The normalized spacial score (nSPS) is 21.6. The van der Waals surface area contributed by atoms with Gasteiger partial charge in [-0.3, -0.25) is 9.69 Å². The third kappa shape index (κ3) is 4.33. The van der Waals surface area contributed by atoms with Crippen molar-refractivity contribution in [2.24, 2.45) is 5.41 Å². The third-order valence-electron chi connectivity index (χ3n) is 4.25. The van der Waals surface area contributed by atoms with Crippen molar-refractivity contribution >= 4 is 12.0 Å². The van der Waals surface area contributed by atoms with E-state index < -0.39 is 17.7 Å². The Kier molecular flexibility index (Phi) is 5.17. The maximum atomic E-state index is 12.9. The summed E-state index contributed by atoms with van der Waals surface area (Å²) in [4.78, 5) is 29.2. The van der Waals surface area contributed by atoms with E-state index in [2.05, 4.69) is 0 Å². The number of amides is 2. The highest BCUT2D eigenvalue weighted by atomic mass is 16.6. The van der Waals surface area contributed by atoms with Gasteiger partial charge in [-0.1, -0.05) is 51.1 Å². The highest BCUT2D eigenvalue weighted by Crippen LogP contribution is 2.36. The van der Waals surface area contributed by atoms with Crippen molar-refractivity contribution in [3.8, 4) is 0 Å². The largest absolute Gasteiger partial charge is 0.444 e. The van der Waals surface area contributed by atoms with E-state index in [1.807, 2.05) is 71.9 Å². The van der Waals surface area contributed by atoms with Crippen LogP contribution in [0.1, 0.15) is 47.1 Å². The minimum atomic E-state index is -0.610. The van der Waals surface area contributed by atoms with E-state index in [-0.39, 0.29) is 17.5 Å². The molecule has 1 heterocycles. The number of rotatable bonds is 2. The van der Waals surface area contributed by atoms with Gasteiger partial charge in [0.25, 0.3) is 0 Å².